The summed E-state index contributed by atoms with van der Waals surface area (Å²) in [5.74, 6) is 0.857. The number of rotatable bonds is 6. The molecule has 4 heteroatoms. The van der Waals surface area contributed by atoms with Gasteiger partial charge in [-0.15, -0.1) is 23.5 Å². The number of hydrogen-bond acceptors (Lipinski definition) is 4. The molecule has 0 amide bonds. The first-order chi connectivity index (χ1) is 17.7. The number of thioether (sulfide) groups is 2. The average molecular weight is 503 g/mol. The Morgan fingerprint density at radius 1 is 0.444 bits per heavy atom. The van der Waals surface area contributed by atoms with Crippen molar-refractivity contribution in [3.8, 4) is 0 Å². The quantitative estimate of drug-likeness (QED) is 0.219. The Labute approximate surface area is 218 Å². The fourth-order valence-electron chi connectivity index (χ4n) is 4.61. The molecule has 0 atom stereocenters. The van der Waals surface area contributed by atoms with Crippen molar-refractivity contribution in [3.05, 3.63) is 131 Å². The Balaban J connectivity index is 1.32. The SMILES string of the molecule is O=C1C(CSc2ccc3ccccc3c2)=C(CSc2ccc3ccccc3c2)C(=O)c2ccccc21. The number of hydrogen-bond donors (Lipinski definition) is 0. The zero-order valence-corrected chi connectivity index (χ0v) is 21.1. The molecule has 1 aliphatic rings. The van der Waals surface area contributed by atoms with E-state index in [1.807, 2.05) is 36.4 Å². The number of ketones is 2. The van der Waals surface area contributed by atoms with E-state index < -0.39 is 0 Å². The van der Waals surface area contributed by atoms with Crippen LogP contribution in [0.4, 0.5) is 0 Å². The summed E-state index contributed by atoms with van der Waals surface area (Å²) in [7, 11) is 0. The van der Waals surface area contributed by atoms with Crippen LogP contribution in [0.3, 0.4) is 0 Å². The van der Waals surface area contributed by atoms with Crippen LogP contribution in [0.2, 0.25) is 0 Å². The minimum atomic E-state index is -0.0346. The third kappa shape index (κ3) is 4.39. The maximum atomic E-state index is 13.6. The Bertz CT molecular complexity index is 1560. The molecule has 0 radical (unpaired) electrons. The van der Waals surface area contributed by atoms with Gasteiger partial charge in [-0.25, -0.2) is 0 Å². The van der Waals surface area contributed by atoms with Gasteiger partial charge in [-0.2, -0.15) is 0 Å². The highest BCUT2D eigenvalue weighted by atomic mass is 32.2. The van der Waals surface area contributed by atoms with Gasteiger partial charge < -0.3 is 0 Å². The number of carbonyl (C=O) groups excluding carboxylic acids is 2. The van der Waals surface area contributed by atoms with Crippen LogP contribution in [0.1, 0.15) is 20.7 Å². The van der Waals surface area contributed by atoms with Gasteiger partial charge in [0.1, 0.15) is 0 Å². The zero-order chi connectivity index (χ0) is 24.5. The second-order valence-electron chi connectivity index (χ2n) is 8.76. The topological polar surface area (TPSA) is 34.1 Å². The van der Waals surface area contributed by atoms with E-state index in [-0.39, 0.29) is 11.6 Å². The Morgan fingerprint density at radius 3 is 1.28 bits per heavy atom. The van der Waals surface area contributed by atoms with E-state index in [1.54, 1.807) is 35.7 Å². The van der Waals surface area contributed by atoms with Crippen LogP contribution >= 0.6 is 23.5 Å². The summed E-state index contributed by atoms with van der Waals surface area (Å²) in [6.45, 7) is 0. The highest BCUT2D eigenvalue weighted by molar-refractivity contribution is 8.00. The van der Waals surface area contributed by atoms with Gasteiger partial charge in [-0.1, -0.05) is 84.9 Å². The fraction of sp³-hybridized carbons (Fsp3) is 0.0625. The second-order valence-corrected chi connectivity index (χ2v) is 10.9. The van der Waals surface area contributed by atoms with E-state index in [2.05, 4.69) is 60.7 Å². The van der Waals surface area contributed by atoms with Gasteiger partial charge in [0.25, 0.3) is 0 Å². The lowest BCUT2D eigenvalue weighted by Gasteiger charge is -2.21. The summed E-state index contributed by atoms with van der Waals surface area (Å²) in [4.78, 5) is 29.3. The minimum absolute atomic E-state index is 0.0346. The van der Waals surface area contributed by atoms with E-state index in [4.69, 9.17) is 0 Å². The van der Waals surface area contributed by atoms with Crippen molar-refractivity contribution in [2.24, 2.45) is 0 Å². The molecule has 6 rings (SSSR count). The normalized spacial score (nSPS) is 13.4. The highest BCUT2D eigenvalue weighted by Crippen LogP contribution is 2.35. The smallest absolute Gasteiger partial charge is 0.191 e. The molecule has 0 saturated heterocycles. The molecule has 0 saturated carbocycles. The summed E-state index contributed by atoms with van der Waals surface area (Å²) in [6, 6.07) is 36.3. The van der Waals surface area contributed by atoms with Gasteiger partial charge in [-0.05, 0) is 45.8 Å². The standard InChI is InChI=1S/C32H22O2S2/c33-31-27-11-5-6-12-28(27)32(34)30(20-36-26-16-14-22-8-2-4-10-24(22)18-26)29(31)19-35-25-15-13-21-7-1-3-9-23(21)17-25/h1-18H,19-20H2. The molecule has 2 nitrogen and oxygen atoms in total. The van der Waals surface area contributed by atoms with Crippen LogP contribution in [-0.4, -0.2) is 23.1 Å². The van der Waals surface area contributed by atoms with Gasteiger partial charge in [0, 0.05) is 43.6 Å². The third-order valence-corrected chi connectivity index (χ3v) is 8.58. The van der Waals surface area contributed by atoms with Crippen LogP contribution in [0.25, 0.3) is 21.5 Å². The predicted molar refractivity (Wildman–Crippen MR) is 151 cm³/mol. The second kappa shape index (κ2) is 9.81. The van der Waals surface area contributed by atoms with Crippen molar-refractivity contribution in [2.75, 3.05) is 11.5 Å². The number of carbonyl (C=O) groups is 2. The van der Waals surface area contributed by atoms with Crippen molar-refractivity contribution in [2.45, 2.75) is 9.79 Å². The first-order valence-corrected chi connectivity index (χ1v) is 13.8. The molecule has 0 aliphatic heterocycles. The largest absolute Gasteiger partial charge is 0.289 e. The highest BCUT2D eigenvalue weighted by Gasteiger charge is 2.31. The summed E-state index contributed by atoms with van der Waals surface area (Å²) >= 11 is 3.22. The zero-order valence-electron chi connectivity index (χ0n) is 19.4. The Hall–Kier alpha value is -3.60. The van der Waals surface area contributed by atoms with Gasteiger partial charge in [0.15, 0.2) is 11.6 Å². The van der Waals surface area contributed by atoms with E-state index in [1.165, 1.54) is 21.5 Å². The monoisotopic (exact) mass is 502 g/mol. The minimum Gasteiger partial charge on any atom is -0.289 e. The van der Waals surface area contributed by atoms with Crippen molar-refractivity contribution in [1.29, 1.82) is 0 Å². The van der Waals surface area contributed by atoms with E-state index >= 15 is 0 Å². The summed E-state index contributed by atoms with van der Waals surface area (Å²) in [5.41, 5.74) is 2.25. The molecule has 5 aromatic carbocycles. The van der Waals surface area contributed by atoms with Gasteiger partial charge >= 0.3 is 0 Å². The molecule has 0 heterocycles. The van der Waals surface area contributed by atoms with Crippen LogP contribution in [0.5, 0.6) is 0 Å². The number of benzene rings is 5. The van der Waals surface area contributed by atoms with Crippen molar-refractivity contribution in [1.82, 2.24) is 0 Å². The molecule has 0 aromatic heterocycles. The first-order valence-electron chi connectivity index (χ1n) is 11.8. The lowest BCUT2D eigenvalue weighted by molar-refractivity contribution is 0.0976. The molecule has 36 heavy (non-hydrogen) atoms. The molecular weight excluding hydrogens is 480 g/mol. The Morgan fingerprint density at radius 2 is 0.833 bits per heavy atom. The van der Waals surface area contributed by atoms with Crippen LogP contribution in [0, 0.1) is 0 Å². The number of fused-ring (bicyclic) bond motifs is 3. The summed E-state index contributed by atoms with van der Waals surface area (Å²) < 4.78 is 0. The number of Topliss-reactive ketones (excluding diaryl/α,β-unsaturated/α-hetero) is 2. The summed E-state index contributed by atoms with van der Waals surface area (Å²) in [6.07, 6.45) is 0. The molecule has 0 fully saturated rings. The predicted octanol–water partition coefficient (Wildman–Crippen LogP) is 8.25. The van der Waals surface area contributed by atoms with E-state index in [0.29, 0.717) is 33.8 Å². The molecule has 174 valence electrons. The van der Waals surface area contributed by atoms with Crippen LogP contribution < -0.4 is 0 Å². The Kier molecular flexibility index (Phi) is 6.22. The third-order valence-electron chi connectivity index (χ3n) is 6.54. The maximum Gasteiger partial charge on any atom is 0.191 e. The van der Waals surface area contributed by atoms with Gasteiger partial charge in [-0.3, -0.25) is 9.59 Å². The maximum absolute atomic E-state index is 13.6. The van der Waals surface area contributed by atoms with Crippen LogP contribution in [-0.2, 0) is 0 Å². The van der Waals surface area contributed by atoms with Crippen molar-refractivity contribution < 1.29 is 9.59 Å². The van der Waals surface area contributed by atoms with Gasteiger partial charge in [0.2, 0.25) is 0 Å². The molecule has 1 aliphatic carbocycles. The lowest BCUT2D eigenvalue weighted by Crippen LogP contribution is -2.24. The lowest BCUT2D eigenvalue weighted by atomic mass is 9.85. The van der Waals surface area contributed by atoms with Gasteiger partial charge in [0.05, 0.1) is 0 Å². The first kappa shape index (κ1) is 22.8. The molecular formula is C32H22O2S2. The average Bonchev–Trinajstić information content (AvgIpc) is 2.93. The fourth-order valence-corrected chi connectivity index (χ4v) is 6.59. The molecule has 0 unspecified atom stereocenters. The molecule has 0 N–H and O–H groups in total. The van der Waals surface area contributed by atoms with Crippen molar-refractivity contribution in [3.63, 3.8) is 0 Å². The van der Waals surface area contributed by atoms with Crippen molar-refractivity contribution >= 4 is 56.6 Å². The molecule has 0 spiro atoms. The molecule has 0 bridgehead atoms. The van der Waals surface area contributed by atoms with Crippen LogP contribution in [0.15, 0.2) is 130 Å². The van der Waals surface area contributed by atoms with E-state index in [9.17, 15) is 9.59 Å². The molecule has 5 aromatic rings. The summed E-state index contributed by atoms with van der Waals surface area (Å²) in [5, 5.41) is 4.71. The van der Waals surface area contributed by atoms with E-state index in [0.717, 1.165) is 9.79 Å².